The van der Waals surface area contributed by atoms with E-state index in [1.165, 1.54) is 6.07 Å². The van der Waals surface area contributed by atoms with Crippen molar-refractivity contribution >= 4 is 38.6 Å². The summed E-state index contributed by atoms with van der Waals surface area (Å²) in [4.78, 5) is 4.71. The maximum atomic E-state index is 12.4. The highest BCUT2D eigenvalue weighted by Gasteiger charge is 2.18. The summed E-state index contributed by atoms with van der Waals surface area (Å²) >= 11 is 6.90. The van der Waals surface area contributed by atoms with E-state index in [9.17, 15) is 8.42 Å². The van der Waals surface area contributed by atoms with Crippen molar-refractivity contribution in [3.63, 3.8) is 0 Å². The van der Waals surface area contributed by atoms with E-state index in [1.807, 2.05) is 0 Å². The predicted molar refractivity (Wildman–Crippen MR) is 86.8 cm³/mol. The molecular formula is C14H11ClN2O3S2. The van der Waals surface area contributed by atoms with E-state index in [4.69, 9.17) is 16.0 Å². The molecule has 0 amide bonds. The molecule has 1 aromatic carbocycles. The van der Waals surface area contributed by atoms with E-state index in [-0.39, 0.29) is 4.21 Å². The molecule has 2 aromatic heterocycles. The van der Waals surface area contributed by atoms with E-state index in [1.54, 1.807) is 43.5 Å². The number of halogens is 1. The number of hydrogen-bond acceptors (Lipinski definition) is 5. The van der Waals surface area contributed by atoms with Crippen LogP contribution in [0.15, 0.2) is 51.2 Å². The molecule has 0 aliphatic carbocycles. The van der Waals surface area contributed by atoms with E-state index in [0.29, 0.717) is 27.2 Å². The van der Waals surface area contributed by atoms with Crippen LogP contribution in [0.2, 0.25) is 5.02 Å². The Labute approximate surface area is 136 Å². The van der Waals surface area contributed by atoms with Gasteiger partial charge in [0.05, 0.1) is 11.1 Å². The Morgan fingerprint density at radius 1 is 1.18 bits per heavy atom. The van der Waals surface area contributed by atoms with Gasteiger partial charge in [0.1, 0.15) is 4.21 Å². The van der Waals surface area contributed by atoms with Gasteiger partial charge in [0.2, 0.25) is 0 Å². The lowest BCUT2D eigenvalue weighted by atomic mass is 10.3. The van der Waals surface area contributed by atoms with Crippen LogP contribution in [-0.2, 0) is 10.0 Å². The average Bonchev–Trinajstić information content (AvgIpc) is 3.10. The molecule has 0 saturated carbocycles. The minimum atomic E-state index is -3.64. The number of aryl methyl sites for hydroxylation is 1. The summed E-state index contributed by atoms with van der Waals surface area (Å²) in [6, 6.07) is 9.69. The molecule has 8 heteroatoms. The van der Waals surface area contributed by atoms with Crippen molar-refractivity contribution in [1.82, 2.24) is 4.98 Å². The van der Waals surface area contributed by atoms with Gasteiger partial charge in [-0.25, -0.2) is 13.4 Å². The highest BCUT2D eigenvalue weighted by molar-refractivity contribution is 7.94. The first-order valence-corrected chi connectivity index (χ1v) is 8.93. The van der Waals surface area contributed by atoms with Gasteiger partial charge >= 0.3 is 0 Å². The zero-order valence-corrected chi connectivity index (χ0v) is 13.8. The zero-order valence-electron chi connectivity index (χ0n) is 11.4. The number of sulfonamides is 1. The third kappa shape index (κ3) is 3.16. The molecule has 0 radical (unpaired) electrons. The predicted octanol–water partition coefficient (Wildman–Crippen LogP) is 4.17. The van der Waals surface area contributed by atoms with Crippen molar-refractivity contribution in [2.24, 2.45) is 0 Å². The Balaban J connectivity index is 1.86. The molecular weight excluding hydrogens is 344 g/mol. The SMILES string of the molecule is Cc1ncc(-c2ccc(S(=O)(=O)Nc3ccc(Cl)cc3)s2)o1. The standard InChI is InChI=1S/C14H11ClN2O3S2/c1-9-16-8-12(20-9)13-6-7-14(21-13)22(18,19)17-11-4-2-10(15)3-5-11/h2-8,17H,1H3. The number of anilines is 1. The van der Waals surface area contributed by atoms with Crippen LogP contribution in [0.3, 0.4) is 0 Å². The van der Waals surface area contributed by atoms with Crippen molar-refractivity contribution in [2.45, 2.75) is 11.1 Å². The topological polar surface area (TPSA) is 72.2 Å². The first-order chi connectivity index (χ1) is 10.4. The summed E-state index contributed by atoms with van der Waals surface area (Å²) in [7, 11) is -3.64. The number of benzene rings is 1. The van der Waals surface area contributed by atoms with Crippen LogP contribution >= 0.6 is 22.9 Å². The van der Waals surface area contributed by atoms with Gasteiger partial charge in [0.15, 0.2) is 11.7 Å². The van der Waals surface area contributed by atoms with Crippen molar-refractivity contribution in [3.05, 3.63) is 53.5 Å². The van der Waals surface area contributed by atoms with Gasteiger partial charge in [0, 0.05) is 17.6 Å². The Morgan fingerprint density at radius 3 is 2.55 bits per heavy atom. The van der Waals surface area contributed by atoms with Gasteiger partial charge in [0.25, 0.3) is 10.0 Å². The van der Waals surface area contributed by atoms with Crippen molar-refractivity contribution in [1.29, 1.82) is 0 Å². The fourth-order valence-corrected chi connectivity index (χ4v) is 4.23. The minimum absolute atomic E-state index is 0.200. The number of aromatic nitrogens is 1. The fourth-order valence-electron chi connectivity index (χ4n) is 1.80. The van der Waals surface area contributed by atoms with E-state index < -0.39 is 10.0 Å². The van der Waals surface area contributed by atoms with Crippen molar-refractivity contribution in [2.75, 3.05) is 4.72 Å². The average molecular weight is 355 g/mol. The summed E-state index contributed by atoms with van der Waals surface area (Å²) < 4.78 is 32.8. The van der Waals surface area contributed by atoms with Gasteiger partial charge in [-0.2, -0.15) is 0 Å². The first kappa shape index (κ1) is 15.1. The molecule has 0 saturated heterocycles. The van der Waals surface area contributed by atoms with Gasteiger partial charge in [-0.1, -0.05) is 11.6 Å². The summed E-state index contributed by atoms with van der Waals surface area (Å²) in [6.45, 7) is 1.73. The number of oxazole rings is 1. The second-order valence-corrected chi connectivity index (χ2v) is 7.90. The smallest absolute Gasteiger partial charge is 0.271 e. The van der Waals surface area contributed by atoms with Crippen LogP contribution in [-0.4, -0.2) is 13.4 Å². The number of thiophene rings is 1. The van der Waals surface area contributed by atoms with Crippen LogP contribution in [0.25, 0.3) is 10.6 Å². The van der Waals surface area contributed by atoms with Gasteiger partial charge < -0.3 is 4.42 Å². The maximum absolute atomic E-state index is 12.4. The van der Waals surface area contributed by atoms with Crippen molar-refractivity contribution in [3.8, 4) is 10.6 Å². The molecule has 0 aliphatic rings. The summed E-state index contributed by atoms with van der Waals surface area (Å²) in [6.07, 6.45) is 1.57. The van der Waals surface area contributed by atoms with Crippen LogP contribution in [0.5, 0.6) is 0 Å². The molecule has 0 spiro atoms. The number of nitrogens with zero attached hydrogens (tertiary/aromatic N) is 1. The lowest BCUT2D eigenvalue weighted by molar-refractivity contribution is 0.535. The van der Waals surface area contributed by atoms with Crippen LogP contribution < -0.4 is 4.72 Å². The molecule has 0 unspecified atom stereocenters. The number of hydrogen-bond donors (Lipinski definition) is 1. The molecule has 5 nitrogen and oxygen atoms in total. The Morgan fingerprint density at radius 2 is 1.91 bits per heavy atom. The minimum Gasteiger partial charge on any atom is -0.440 e. The number of rotatable bonds is 4. The molecule has 3 aromatic rings. The molecule has 0 bridgehead atoms. The monoisotopic (exact) mass is 354 g/mol. The fraction of sp³-hybridized carbons (Fsp3) is 0.0714. The highest BCUT2D eigenvalue weighted by Crippen LogP contribution is 2.32. The lowest BCUT2D eigenvalue weighted by Crippen LogP contribution is -2.11. The third-order valence-corrected chi connectivity index (χ3v) is 6.03. The van der Waals surface area contributed by atoms with Gasteiger partial charge in [-0.3, -0.25) is 4.72 Å². The molecule has 3 rings (SSSR count). The van der Waals surface area contributed by atoms with Crippen LogP contribution in [0.1, 0.15) is 5.89 Å². The molecule has 1 N–H and O–H groups in total. The second-order valence-electron chi connectivity index (χ2n) is 4.47. The number of nitrogens with one attached hydrogen (secondary N) is 1. The molecule has 0 aliphatic heterocycles. The largest absolute Gasteiger partial charge is 0.440 e. The van der Waals surface area contributed by atoms with Gasteiger partial charge in [-0.05, 0) is 36.4 Å². The molecule has 0 atom stereocenters. The molecule has 22 heavy (non-hydrogen) atoms. The normalized spacial score (nSPS) is 11.5. The molecule has 114 valence electrons. The van der Waals surface area contributed by atoms with Crippen molar-refractivity contribution < 1.29 is 12.8 Å². The summed E-state index contributed by atoms with van der Waals surface area (Å²) in [5.74, 6) is 1.09. The highest BCUT2D eigenvalue weighted by atomic mass is 35.5. The Bertz CT molecular complexity index is 898. The van der Waals surface area contributed by atoms with E-state index in [0.717, 1.165) is 11.3 Å². The lowest BCUT2D eigenvalue weighted by Gasteiger charge is -2.05. The third-order valence-electron chi connectivity index (χ3n) is 2.81. The quantitative estimate of drug-likeness (QED) is 0.763. The van der Waals surface area contributed by atoms with Crippen LogP contribution in [0.4, 0.5) is 5.69 Å². The Hall–Kier alpha value is -1.83. The summed E-state index contributed by atoms with van der Waals surface area (Å²) in [5.41, 5.74) is 0.454. The van der Waals surface area contributed by atoms with E-state index in [2.05, 4.69) is 9.71 Å². The summed E-state index contributed by atoms with van der Waals surface area (Å²) in [5, 5.41) is 0.544. The Kier molecular flexibility index (Phi) is 3.94. The zero-order chi connectivity index (χ0) is 15.7. The molecule has 0 fully saturated rings. The van der Waals surface area contributed by atoms with Crippen LogP contribution in [0, 0.1) is 6.92 Å². The second kappa shape index (κ2) is 5.75. The van der Waals surface area contributed by atoms with E-state index >= 15 is 0 Å². The van der Waals surface area contributed by atoms with Gasteiger partial charge in [-0.15, -0.1) is 11.3 Å². The first-order valence-electron chi connectivity index (χ1n) is 6.25. The molecule has 2 heterocycles. The maximum Gasteiger partial charge on any atom is 0.271 e.